The van der Waals surface area contributed by atoms with Gasteiger partial charge in [-0.1, -0.05) is 13.8 Å². The summed E-state index contributed by atoms with van der Waals surface area (Å²) in [5, 5.41) is 8.92. The number of hydrogen-bond donors (Lipinski definition) is 1. The molecule has 0 aromatic carbocycles. The molecule has 0 saturated heterocycles. The molecule has 0 saturated carbocycles. The van der Waals surface area contributed by atoms with Crippen molar-refractivity contribution in [3.05, 3.63) is 24.2 Å². The van der Waals surface area contributed by atoms with E-state index >= 15 is 0 Å². The van der Waals surface area contributed by atoms with Crippen molar-refractivity contribution in [2.75, 3.05) is 11.5 Å². The Morgan fingerprint density at radius 2 is 1.90 bits per heavy atom. The number of rotatable bonds is 5. The summed E-state index contributed by atoms with van der Waals surface area (Å²) in [6.45, 7) is 3.87. The first kappa shape index (κ1) is 15.9. The molecule has 10 heteroatoms. The summed E-state index contributed by atoms with van der Waals surface area (Å²) >= 11 is 0. The second-order valence-corrected chi connectivity index (χ2v) is 8.73. The molecule has 0 aliphatic rings. The van der Waals surface area contributed by atoms with E-state index in [1.54, 1.807) is 12.3 Å². The molecule has 0 radical (unpaired) electrons. The van der Waals surface area contributed by atoms with E-state index in [0.29, 0.717) is 5.52 Å². The van der Waals surface area contributed by atoms with Gasteiger partial charge in [-0.15, -0.1) is 0 Å². The smallest absolute Gasteiger partial charge is 0.210 e. The van der Waals surface area contributed by atoms with Crippen LogP contribution < -0.4 is 5.14 Å². The van der Waals surface area contributed by atoms with Gasteiger partial charge in [0.1, 0.15) is 5.52 Å². The highest BCUT2D eigenvalue weighted by Crippen LogP contribution is 2.20. The Balaban J connectivity index is 2.50. The molecule has 2 heterocycles. The largest absolute Gasteiger partial charge is 0.241 e. The molecule has 0 fully saturated rings. The van der Waals surface area contributed by atoms with Gasteiger partial charge in [-0.05, 0) is 12.0 Å². The molecule has 0 unspecified atom stereocenters. The lowest BCUT2D eigenvalue weighted by Crippen LogP contribution is -2.24. The number of nitrogens with two attached hydrogens (primary N) is 1. The summed E-state index contributed by atoms with van der Waals surface area (Å²) < 4.78 is 47.8. The summed E-state index contributed by atoms with van der Waals surface area (Å²) in [4.78, 5) is 3.87. The first-order chi connectivity index (χ1) is 9.60. The average Bonchev–Trinajstić information content (AvgIpc) is 2.79. The fourth-order valence-electron chi connectivity index (χ4n) is 1.76. The lowest BCUT2D eigenvalue weighted by Gasteiger charge is -2.04. The van der Waals surface area contributed by atoms with E-state index in [4.69, 9.17) is 5.14 Å². The molecule has 2 N–H and O–H groups in total. The van der Waals surface area contributed by atoms with Crippen LogP contribution in [-0.2, 0) is 19.9 Å². The number of fused-ring (bicyclic) bond motifs is 1. The monoisotopic (exact) mass is 332 g/mol. The Labute approximate surface area is 123 Å². The van der Waals surface area contributed by atoms with E-state index in [-0.39, 0.29) is 10.9 Å². The quantitative estimate of drug-likeness (QED) is 0.816. The van der Waals surface area contributed by atoms with Crippen molar-refractivity contribution in [2.24, 2.45) is 5.14 Å². The first-order valence-corrected chi connectivity index (χ1v) is 9.54. The highest BCUT2D eigenvalue weighted by Gasteiger charge is 2.23. The lowest BCUT2D eigenvalue weighted by atomic mass is 10.1. The van der Waals surface area contributed by atoms with E-state index in [9.17, 15) is 16.8 Å². The van der Waals surface area contributed by atoms with E-state index in [0.717, 1.165) is 5.69 Å². The zero-order valence-corrected chi connectivity index (χ0v) is 13.2. The van der Waals surface area contributed by atoms with Crippen LogP contribution in [0.15, 0.2) is 23.5 Å². The highest BCUT2D eigenvalue weighted by molar-refractivity contribution is 7.94. The average molecular weight is 332 g/mol. The van der Waals surface area contributed by atoms with Gasteiger partial charge in [-0.25, -0.2) is 31.5 Å². The van der Waals surface area contributed by atoms with E-state index in [2.05, 4.69) is 10.1 Å². The maximum Gasteiger partial charge on any atom is 0.210 e. The minimum atomic E-state index is -3.86. The van der Waals surface area contributed by atoms with Crippen LogP contribution in [0.25, 0.3) is 5.52 Å². The number of sulfone groups is 1. The SMILES string of the molecule is CC(C)c1cc2c(S(=O)(=O)CCS(N)(=O)=O)nccn2n1. The molecule has 0 bridgehead atoms. The third kappa shape index (κ3) is 3.57. The van der Waals surface area contributed by atoms with Gasteiger partial charge in [0, 0.05) is 12.4 Å². The Morgan fingerprint density at radius 1 is 1.24 bits per heavy atom. The van der Waals surface area contributed by atoms with Gasteiger partial charge in [0.05, 0.1) is 17.2 Å². The molecule has 2 aromatic rings. The second kappa shape index (κ2) is 5.35. The number of aromatic nitrogens is 3. The molecule has 2 aromatic heterocycles. The first-order valence-electron chi connectivity index (χ1n) is 6.18. The molecule has 8 nitrogen and oxygen atoms in total. The van der Waals surface area contributed by atoms with Gasteiger partial charge in [0.15, 0.2) is 14.9 Å². The topological polar surface area (TPSA) is 124 Å². The minimum absolute atomic E-state index is 0.130. The van der Waals surface area contributed by atoms with Crippen molar-refractivity contribution in [3.8, 4) is 0 Å². The molecule has 0 amide bonds. The fraction of sp³-hybridized carbons (Fsp3) is 0.455. The van der Waals surface area contributed by atoms with Gasteiger partial charge >= 0.3 is 0 Å². The molecule has 0 aliphatic heterocycles. The second-order valence-electron chi connectivity index (χ2n) is 4.97. The van der Waals surface area contributed by atoms with Crippen molar-refractivity contribution in [2.45, 2.75) is 24.8 Å². The standard InChI is InChI=1S/C11H16N4O4S2/c1-8(2)9-7-10-11(13-3-4-15(10)14-9)20(16,17)5-6-21(12,18)19/h3-4,7-8H,5-6H2,1-2H3,(H2,12,18,19). The van der Waals surface area contributed by atoms with E-state index in [1.165, 1.54) is 10.7 Å². The van der Waals surface area contributed by atoms with E-state index in [1.807, 2.05) is 13.8 Å². The highest BCUT2D eigenvalue weighted by atomic mass is 32.2. The summed E-state index contributed by atoms with van der Waals surface area (Å²) in [5.41, 5.74) is 1.06. The predicted molar refractivity (Wildman–Crippen MR) is 77.1 cm³/mol. The van der Waals surface area contributed by atoms with E-state index < -0.39 is 31.4 Å². The molecule has 0 atom stereocenters. The number of nitrogens with zero attached hydrogens (tertiary/aromatic N) is 3. The lowest BCUT2D eigenvalue weighted by molar-refractivity contribution is 0.586. The van der Waals surface area contributed by atoms with Crippen LogP contribution in [0.1, 0.15) is 25.5 Å². The predicted octanol–water partition coefficient (Wildman–Crippen LogP) is -0.0851. The summed E-state index contributed by atoms with van der Waals surface area (Å²) in [7, 11) is -7.72. The van der Waals surface area contributed by atoms with Gasteiger partial charge in [0.2, 0.25) is 10.0 Å². The molecular weight excluding hydrogens is 316 g/mol. The summed E-state index contributed by atoms with van der Waals surface area (Å²) in [5.74, 6) is -1.13. The van der Waals surface area contributed by atoms with Gasteiger partial charge in [-0.2, -0.15) is 5.10 Å². The minimum Gasteiger partial charge on any atom is -0.241 e. The fourth-order valence-corrected chi connectivity index (χ4v) is 4.45. The molecule has 2 rings (SSSR count). The Hall–Kier alpha value is -1.52. The molecule has 116 valence electrons. The number of primary sulfonamides is 1. The maximum absolute atomic E-state index is 12.2. The van der Waals surface area contributed by atoms with Crippen LogP contribution in [0.2, 0.25) is 0 Å². The molecule has 21 heavy (non-hydrogen) atoms. The molecular formula is C11H16N4O4S2. The number of sulfonamides is 1. The van der Waals surface area contributed by atoms with Crippen molar-refractivity contribution in [1.82, 2.24) is 14.6 Å². The molecule has 0 spiro atoms. The Bertz CT molecular complexity index is 869. The Kier molecular flexibility index (Phi) is 4.04. The van der Waals surface area contributed by atoms with Crippen molar-refractivity contribution in [1.29, 1.82) is 0 Å². The third-order valence-corrected chi connectivity index (χ3v) is 5.57. The third-order valence-electron chi connectivity index (χ3n) is 2.90. The normalized spacial score (nSPS) is 13.1. The van der Waals surface area contributed by atoms with Crippen LogP contribution in [0, 0.1) is 0 Å². The van der Waals surface area contributed by atoms with Crippen molar-refractivity contribution < 1.29 is 16.8 Å². The van der Waals surface area contributed by atoms with Gasteiger partial charge < -0.3 is 0 Å². The maximum atomic E-state index is 12.2. The van der Waals surface area contributed by atoms with Gasteiger partial charge in [0.25, 0.3) is 0 Å². The zero-order chi connectivity index (χ0) is 15.8. The zero-order valence-electron chi connectivity index (χ0n) is 11.6. The molecule has 0 aliphatic carbocycles. The number of hydrogen-bond acceptors (Lipinski definition) is 6. The van der Waals surface area contributed by atoms with Crippen molar-refractivity contribution in [3.63, 3.8) is 0 Å². The van der Waals surface area contributed by atoms with Crippen molar-refractivity contribution >= 4 is 25.4 Å². The van der Waals surface area contributed by atoms with Crippen LogP contribution in [0.4, 0.5) is 0 Å². The van der Waals surface area contributed by atoms with Crippen LogP contribution in [0.3, 0.4) is 0 Å². The van der Waals surface area contributed by atoms with Crippen LogP contribution in [0.5, 0.6) is 0 Å². The summed E-state index contributed by atoms with van der Waals surface area (Å²) in [6, 6.07) is 1.64. The van der Waals surface area contributed by atoms with Gasteiger partial charge in [-0.3, -0.25) is 0 Å². The van der Waals surface area contributed by atoms with Crippen LogP contribution >= 0.6 is 0 Å². The van der Waals surface area contributed by atoms with Crippen LogP contribution in [-0.4, -0.2) is 42.9 Å². The Morgan fingerprint density at radius 3 is 2.48 bits per heavy atom. The summed E-state index contributed by atoms with van der Waals surface area (Å²) in [6.07, 6.45) is 2.86.